The van der Waals surface area contributed by atoms with Gasteiger partial charge in [0.05, 0.1) is 7.11 Å². The number of ether oxygens (including phenoxy) is 2. The van der Waals surface area contributed by atoms with Crippen LogP contribution in [0.1, 0.15) is 13.3 Å². The monoisotopic (exact) mass is 208 g/mol. The number of hydrogen-bond donors (Lipinski definition) is 0. The molecule has 1 rings (SSSR count). The van der Waals surface area contributed by atoms with Crippen molar-refractivity contribution in [3.05, 3.63) is 24.3 Å². The van der Waals surface area contributed by atoms with Gasteiger partial charge in [-0.05, 0) is 38.7 Å². The first kappa shape index (κ1) is 11.9. The van der Waals surface area contributed by atoms with Crippen LogP contribution >= 0.6 is 0 Å². The molecule has 0 aromatic heterocycles. The molecule has 0 amide bonds. The third kappa shape index (κ3) is 3.13. The van der Waals surface area contributed by atoms with Crippen LogP contribution in [-0.4, -0.2) is 32.3 Å². The molecule has 1 atom stereocenters. The minimum absolute atomic E-state index is 0.0706. The van der Waals surface area contributed by atoms with Gasteiger partial charge in [0, 0.05) is 0 Å². The molecule has 0 spiro atoms. The maximum Gasteiger partial charge on any atom is 0.163 e. The topological polar surface area (TPSA) is 21.7 Å². The zero-order chi connectivity index (χ0) is 11.3. The Morgan fingerprint density at radius 3 is 2.67 bits per heavy atom. The summed E-state index contributed by atoms with van der Waals surface area (Å²) < 4.78 is 11.0. The molecule has 0 N–H and O–H groups in total. The second-order valence-electron chi connectivity index (χ2n) is 3.52. The second-order valence-corrected chi connectivity index (χ2v) is 3.52. The quantitative estimate of drug-likeness (QED) is 0.692. The van der Waals surface area contributed by atoms with Gasteiger partial charge in [-0.2, -0.15) is 0 Å². The summed E-state index contributed by atoms with van der Waals surface area (Å²) in [6, 6.07) is 8.42. The van der Waals surface area contributed by atoms with Crippen molar-refractivity contribution in [1.82, 2.24) is 4.90 Å². The molecular weight excluding hydrogens is 190 g/mol. The van der Waals surface area contributed by atoms with E-state index in [2.05, 4.69) is 13.0 Å². The lowest BCUT2D eigenvalue weighted by molar-refractivity contribution is 0.0586. The van der Waals surface area contributed by atoms with Crippen molar-refractivity contribution in [2.45, 2.75) is 19.6 Å². The van der Waals surface area contributed by atoms with Crippen molar-refractivity contribution in [2.75, 3.05) is 21.2 Å². The van der Waals surface area contributed by atoms with Crippen LogP contribution in [0.3, 0.4) is 0 Å². The normalized spacial score (nSPS) is 12.6. The van der Waals surface area contributed by atoms with Crippen LogP contribution in [0.5, 0.6) is 11.5 Å². The highest BCUT2D eigenvalue weighted by molar-refractivity contribution is 5.38. The summed E-state index contributed by atoms with van der Waals surface area (Å²) in [6.45, 7) is 2.09. The predicted octanol–water partition coefficient (Wildman–Crippen LogP) is 2.17. The maximum atomic E-state index is 5.83. The van der Waals surface area contributed by atoms with Gasteiger partial charge in [-0.15, -0.1) is 0 Å². The lowest BCUT2D eigenvalue weighted by Gasteiger charge is -2.24. The molecule has 1 aromatic carbocycles. The third-order valence-corrected chi connectivity index (χ3v) is 2.20. The fraction of sp³-hybridized carbons (Fsp3) is 0.500. The number of hydrogen-bond acceptors (Lipinski definition) is 3. The van der Waals surface area contributed by atoms with Crippen molar-refractivity contribution in [2.24, 2.45) is 0 Å². The van der Waals surface area contributed by atoms with Gasteiger partial charge in [-0.1, -0.05) is 13.0 Å². The standard InChI is InChI=1S/C12H18NO2/c1-5-12(13(2)3)15-11-9-7-6-8-10(11)14-4/h7-9,12H,5H2,1-4H3. The minimum atomic E-state index is 0.0706. The highest BCUT2D eigenvalue weighted by atomic mass is 16.5. The van der Waals surface area contributed by atoms with Crippen LogP contribution in [0.25, 0.3) is 0 Å². The zero-order valence-corrected chi connectivity index (χ0v) is 9.78. The highest BCUT2D eigenvalue weighted by Gasteiger charge is 2.12. The van der Waals surface area contributed by atoms with Gasteiger partial charge in [0.25, 0.3) is 0 Å². The molecule has 0 bridgehead atoms. The van der Waals surface area contributed by atoms with E-state index in [0.717, 1.165) is 17.9 Å². The molecule has 1 radical (unpaired) electrons. The Morgan fingerprint density at radius 2 is 2.13 bits per heavy atom. The van der Waals surface area contributed by atoms with Crippen molar-refractivity contribution < 1.29 is 9.47 Å². The van der Waals surface area contributed by atoms with Crippen molar-refractivity contribution in [3.8, 4) is 11.5 Å². The number of nitrogens with zero attached hydrogens (tertiary/aromatic N) is 1. The molecule has 15 heavy (non-hydrogen) atoms. The van der Waals surface area contributed by atoms with E-state index in [-0.39, 0.29) is 6.23 Å². The lowest BCUT2D eigenvalue weighted by Crippen LogP contribution is -2.32. The molecule has 0 fully saturated rings. The minimum Gasteiger partial charge on any atom is -0.493 e. The van der Waals surface area contributed by atoms with Gasteiger partial charge in [0.15, 0.2) is 17.7 Å². The molecule has 0 saturated heterocycles. The summed E-state index contributed by atoms with van der Waals surface area (Å²) in [5.41, 5.74) is 0. The van der Waals surface area contributed by atoms with Gasteiger partial charge in [0.1, 0.15) is 0 Å². The van der Waals surface area contributed by atoms with Gasteiger partial charge < -0.3 is 9.47 Å². The van der Waals surface area contributed by atoms with Crippen molar-refractivity contribution in [1.29, 1.82) is 0 Å². The maximum absolute atomic E-state index is 5.83. The summed E-state index contributed by atoms with van der Waals surface area (Å²) in [4.78, 5) is 2.04. The van der Waals surface area contributed by atoms with Gasteiger partial charge >= 0.3 is 0 Å². The molecule has 0 aliphatic rings. The zero-order valence-electron chi connectivity index (χ0n) is 9.78. The molecule has 83 valence electrons. The first-order chi connectivity index (χ1) is 7.19. The predicted molar refractivity (Wildman–Crippen MR) is 60.2 cm³/mol. The smallest absolute Gasteiger partial charge is 0.163 e. The van der Waals surface area contributed by atoms with E-state index in [1.54, 1.807) is 13.2 Å². The van der Waals surface area contributed by atoms with E-state index in [1.807, 2.05) is 31.1 Å². The van der Waals surface area contributed by atoms with Gasteiger partial charge in [-0.3, -0.25) is 4.90 Å². The Labute approximate surface area is 91.6 Å². The van der Waals surface area contributed by atoms with Crippen molar-refractivity contribution in [3.63, 3.8) is 0 Å². The Kier molecular flexibility index (Phi) is 4.43. The summed E-state index contributed by atoms with van der Waals surface area (Å²) in [5.74, 6) is 1.48. The summed E-state index contributed by atoms with van der Waals surface area (Å²) in [6.07, 6.45) is 0.996. The summed E-state index contributed by atoms with van der Waals surface area (Å²) in [7, 11) is 5.62. The van der Waals surface area contributed by atoms with E-state index in [4.69, 9.17) is 9.47 Å². The molecule has 1 unspecified atom stereocenters. The van der Waals surface area contributed by atoms with Crippen molar-refractivity contribution >= 4 is 0 Å². The van der Waals surface area contributed by atoms with Crippen LogP contribution in [0, 0.1) is 6.07 Å². The molecule has 1 aromatic rings. The van der Waals surface area contributed by atoms with E-state index < -0.39 is 0 Å². The molecular formula is C12H18NO2. The molecule has 3 nitrogen and oxygen atoms in total. The fourth-order valence-electron chi connectivity index (χ4n) is 1.36. The number of rotatable bonds is 5. The largest absolute Gasteiger partial charge is 0.493 e. The van der Waals surface area contributed by atoms with E-state index in [1.165, 1.54) is 0 Å². The van der Waals surface area contributed by atoms with Crippen LogP contribution in [0.4, 0.5) is 0 Å². The highest BCUT2D eigenvalue weighted by Crippen LogP contribution is 2.27. The van der Waals surface area contributed by atoms with Gasteiger partial charge in [-0.25, -0.2) is 0 Å². The number of benzene rings is 1. The van der Waals surface area contributed by atoms with E-state index in [0.29, 0.717) is 0 Å². The third-order valence-electron chi connectivity index (χ3n) is 2.20. The summed E-state index contributed by atoms with van der Waals surface area (Å²) in [5, 5.41) is 0. The fourth-order valence-corrected chi connectivity index (χ4v) is 1.36. The van der Waals surface area contributed by atoms with Crippen LogP contribution in [-0.2, 0) is 0 Å². The van der Waals surface area contributed by atoms with E-state index in [9.17, 15) is 0 Å². The Hall–Kier alpha value is -1.22. The summed E-state index contributed by atoms with van der Waals surface area (Å²) >= 11 is 0. The first-order valence-corrected chi connectivity index (χ1v) is 5.06. The Morgan fingerprint density at radius 1 is 1.40 bits per heavy atom. The first-order valence-electron chi connectivity index (χ1n) is 5.06. The molecule has 0 heterocycles. The van der Waals surface area contributed by atoms with Crippen LogP contribution in [0.2, 0.25) is 0 Å². The average Bonchev–Trinajstić information content (AvgIpc) is 2.25. The Bertz CT molecular complexity index is 299. The average molecular weight is 208 g/mol. The van der Waals surface area contributed by atoms with E-state index >= 15 is 0 Å². The molecule has 0 saturated carbocycles. The molecule has 0 aliphatic carbocycles. The molecule has 0 aliphatic heterocycles. The van der Waals surface area contributed by atoms with Crippen LogP contribution < -0.4 is 9.47 Å². The van der Waals surface area contributed by atoms with Gasteiger partial charge in [0.2, 0.25) is 0 Å². The molecule has 3 heteroatoms. The van der Waals surface area contributed by atoms with Crippen LogP contribution in [0.15, 0.2) is 18.2 Å². The second kappa shape index (κ2) is 5.61. The number of methoxy groups -OCH3 is 1. The lowest BCUT2D eigenvalue weighted by atomic mass is 10.3. The SMILES string of the molecule is CCC(Oc1cc[c]cc1OC)N(C)C. The Balaban J connectivity index is 2.78.